The van der Waals surface area contributed by atoms with Crippen molar-refractivity contribution >= 4 is 17.7 Å². The van der Waals surface area contributed by atoms with Crippen LogP contribution >= 0.6 is 11.8 Å². The molecular formula is C17H27NOS. The van der Waals surface area contributed by atoms with Crippen LogP contribution in [0.3, 0.4) is 0 Å². The molecule has 0 radical (unpaired) electrons. The molecule has 1 atom stereocenters. The van der Waals surface area contributed by atoms with Crippen LogP contribution in [0.1, 0.15) is 44.2 Å². The molecule has 1 unspecified atom stereocenters. The number of carbonyl (C=O) groups is 1. The first-order valence-corrected chi connectivity index (χ1v) is 8.67. The summed E-state index contributed by atoms with van der Waals surface area (Å²) in [5.41, 5.74) is 2.65. The van der Waals surface area contributed by atoms with E-state index in [0.717, 1.165) is 30.9 Å². The molecule has 3 heteroatoms. The van der Waals surface area contributed by atoms with Gasteiger partial charge in [0.25, 0.3) is 0 Å². The van der Waals surface area contributed by atoms with Gasteiger partial charge in [0.15, 0.2) is 0 Å². The Bertz CT molecular complexity index is 388. The number of amides is 1. The first kappa shape index (κ1) is 17.1. The van der Waals surface area contributed by atoms with Gasteiger partial charge in [0, 0.05) is 24.5 Å². The zero-order valence-electron chi connectivity index (χ0n) is 12.9. The van der Waals surface area contributed by atoms with E-state index in [1.165, 1.54) is 11.1 Å². The van der Waals surface area contributed by atoms with E-state index in [0.29, 0.717) is 12.3 Å². The average molecular weight is 293 g/mol. The molecule has 1 N–H and O–H groups in total. The van der Waals surface area contributed by atoms with E-state index < -0.39 is 0 Å². The lowest BCUT2D eigenvalue weighted by atomic mass is 10.0. The summed E-state index contributed by atoms with van der Waals surface area (Å²) in [6.45, 7) is 7.19. The summed E-state index contributed by atoms with van der Waals surface area (Å²) in [7, 11) is 0. The van der Waals surface area contributed by atoms with E-state index in [9.17, 15) is 4.79 Å². The molecule has 0 aliphatic rings. The Labute approximate surface area is 127 Å². The second kappa shape index (κ2) is 9.87. The molecule has 0 aliphatic heterocycles. The molecule has 0 saturated heterocycles. The third-order valence-corrected chi connectivity index (χ3v) is 4.30. The quantitative estimate of drug-likeness (QED) is 0.692. The van der Waals surface area contributed by atoms with Crippen LogP contribution in [0.25, 0.3) is 0 Å². The molecule has 112 valence electrons. The van der Waals surface area contributed by atoms with Crippen LogP contribution in [0.4, 0.5) is 0 Å². The fourth-order valence-electron chi connectivity index (χ4n) is 2.12. The highest BCUT2D eigenvalue weighted by Gasteiger charge is 2.07. The van der Waals surface area contributed by atoms with Gasteiger partial charge in [0.1, 0.15) is 0 Å². The highest BCUT2D eigenvalue weighted by atomic mass is 32.2. The molecule has 0 aromatic heterocycles. The highest BCUT2D eigenvalue weighted by molar-refractivity contribution is 7.98. The molecule has 0 bridgehead atoms. The minimum Gasteiger partial charge on any atom is -0.355 e. The van der Waals surface area contributed by atoms with Crippen molar-refractivity contribution in [1.82, 2.24) is 5.32 Å². The summed E-state index contributed by atoms with van der Waals surface area (Å²) < 4.78 is 0. The van der Waals surface area contributed by atoms with Crippen molar-refractivity contribution in [3.63, 3.8) is 0 Å². The number of carbonyl (C=O) groups excluding carboxylic acids is 1. The maximum atomic E-state index is 11.7. The van der Waals surface area contributed by atoms with Gasteiger partial charge in [-0.15, -0.1) is 0 Å². The minimum atomic E-state index is 0.196. The normalized spacial score (nSPS) is 12.2. The smallest absolute Gasteiger partial charge is 0.220 e. The van der Waals surface area contributed by atoms with Crippen molar-refractivity contribution in [2.24, 2.45) is 5.92 Å². The Morgan fingerprint density at radius 2 is 2.00 bits per heavy atom. The standard InChI is InChI=1S/C17H27NOS/c1-4-5-15(3)12-17(19)18-10-11-20-13-16-8-6-14(2)7-9-16/h6-9,15H,4-5,10-13H2,1-3H3,(H,18,19). The molecule has 0 spiro atoms. The highest BCUT2D eigenvalue weighted by Crippen LogP contribution is 2.12. The van der Waals surface area contributed by atoms with E-state index >= 15 is 0 Å². The largest absolute Gasteiger partial charge is 0.355 e. The molecule has 2 nitrogen and oxygen atoms in total. The lowest BCUT2D eigenvalue weighted by Gasteiger charge is -2.10. The SMILES string of the molecule is CCCC(C)CC(=O)NCCSCc1ccc(C)cc1. The Morgan fingerprint density at radius 3 is 2.65 bits per heavy atom. The molecule has 0 aliphatic carbocycles. The molecule has 0 heterocycles. The molecule has 1 aromatic rings. The third-order valence-electron chi connectivity index (χ3n) is 3.27. The number of hydrogen-bond acceptors (Lipinski definition) is 2. The van der Waals surface area contributed by atoms with Gasteiger partial charge >= 0.3 is 0 Å². The minimum absolute atomic E-state index is 0.196. The third kappa shape index (κ3) is 7.59. The van der Waals surface area contributed by atoms with Crippen molar-refractivity contribution in [3.05, 3.63) is 35.4 Å². The van der Waals surface area contributed by atoms with Gasteiger partial charge in [-0.3, -0.25) is 4.79 Å². The lowest BCUT2D eigenvalue weighted by Crippen LogP contribution is -2.27. The van der Waals surface area contributed by atoms with Crippen LogP contribution in [0, 0.1) is 12.8 Å². The molecule has 1 aromatic carbocycles. The van der Waals surface area contributed by atoms with E-state index in [1.807, 2.05) is 11.8 Å². The number of thioether (sulfide) groups is 1. The maximum absolute atomic E-state index is 11.7. The predicted octanol–water partition coefficient (Wildman–Crippen LogP) is 4.17. The van der Waals surface area contributed by atoms with Crippen molar-refractivity contribution in [3.8, 4) is 0 Å². The van der Waals surface area contributed by atoms with Crippen LogP contribution in [-0.4, -0.2) is 18.2 Å². The number of hydrogen-bond donors (Lipinski definition) is 1. The number of nitrogens with one attached hydrogen (secondary N) is 1. The van der Waals surface area contributed by atoms with Gasteiger partial charge in [0.05, 0.1) is 0 Å². The molecule has 1 amide bonds. The van der Waals surface area contributed by atoms with Crippen molar-refractivity contribution < 1.29 is 4.79 Å². The molecule has 0 fully saturated rings. The number of aryl methyl sites for hydroxylation is 1. The van der Waals surface area contributed by atoms with Gasteiger partial charge in [-0.05, 0) is 18.4 Å². The predicted molar refractivity (Wildman–Crippen MR) is 89.0 cm³/mol. The zero-order chi connectivity index (χ0) is 14.8. The first-order valence-electron chi connectivity index (χ1n) is 7.51. The monoisotopic (exact) mass is 293 g/mol. The summed E-state index contributed by atoms with van der Waals surface area (Å²) in [5.74, 6) is 2.69. The van der Waals surface area contributed by atoms with Crippen molar-refractivity contribution in [2.75, 3.05) is 12.3 Å². The Hall–Kier alpha value is -0.960. The molecule has 1 rings (SSSR count). The topological polar surface area (TPSA) is 29.1 Å². The first-order chi connectivity index (χ1) is 9.61. The van der Waals surface area contributed by atoms with Crippen molar-refractivity contribution in [2.45, 2.75) is 45.8 Å². The fourth-order valence-corrected chi connectivity index (χ4v) is 2.94. The van der Waals surface area contributed by atoms with E-state index in [-0.39, 0.29) is 5.91 Å². The molecular weight excluding hydrogens is 266 g/mol. The van der Waals surface area contributed by atoms with E-state index in [4.69, 9.17) is 0 Å². The summed E-state index contributed by atoms with van der Waals surface area (Å²) in [6.07, 6.45) is 2.95. The van der Waals surface area contributed by atoms with Gasteiger partial charge in [-0.1, -0.05) is 56.5 Å². The van der Waals surface area contributed by atoms with Crippen molar-refractivity contribution in [1.29, 1.82) is 0 Å². The van der Waals surface area contributed by atoms with Gasteiger partial charge < -0.3 is 5.32 Å². The van der Waals surface area contributed by atoms with Gasteiger partial charge in [-0.25, -0.2) is 0 Å². The number of benzene rings is 1. The van der Waals surface area contributed by atoms with Gasteiger partial charge in [0.2, 0.25) is 5.91 Å². The summed E-state index contributed by atoms with van der Waals surface area (Å²) >= 11 is 1.87. The Kier molecular flexibility index (Phi) is 8.43. The summed E-state index contributed by atoms with van der Waals surface area (Å²) in [6, 6.07) is 8.64. The Balaban J connectivity index is 2.07. The fraction of sp³-hybridized carbons (Fsp3) is 0.588. The van der Waals surface area contributed by atoms with Crippen LogP contribution < -0.4 is 5.32 Å². The molecule has 0 saturated carbocycles. The number of rotatable bonds is 9. The van der Waals surface area contributed by atoms with Crippen LogP contribution in [0.15, 0.2) is 24.3 Å². The van der Waals surface area contributed by atoms with Crippen LogP contribution in [0.5, 0.6) is 0 Å². The summed E-state index contributed by atoms with van der Waals surface area (Å²) in [5, 5.41) is 3.01. The second-order valence-electron chi connectivity index (χ2n) is 5.49. The molecule has 20 heavy (non-hydrogen) atoms. The second-order valence-corrected chi connectivity index (χ2v) is 6.59. The van der Waals surface area contributed by atoms with E-state index in [2.05, 4.69) is 50.4 Å². The van der Waals surface area contributed by atoms with Gasteiger partial charge in [-0.2, -0.15) is 11.8 Å². The lowest BCUT2D eigenvalue weighted by molar-refractivity contribution is -0.121. The van der Waals surface area contributed by atoms with E-state index in [1.54, 1.807) is 0 Å². The Morgan fingerprint density at radius 1 is 1.30 bits per heavy atom. The maximum Gasteiger partial charge on any atom is 0.220 e. The average Bonchev–Trinajstić information content (AvgIpc) is 2.40. The summed E-state index contributed by atoms with van der Waals surface area (Å²) in [4.78, 5) is 11.7. The zero-order valence-corrected chi connectivity index (χ0v) is 13.8. The van der Waals surface area contributed by atoms with Crippen LogP contribution in [0.2, 0.25) is 0 Å². The van der Waals surface area contributed by atoms with Crippen LogP contribution in [-0.2, 0) is 10.5 Å².